The first kappa shape index (κ1) is 13.7. The minimum absolute atomic E-state index is 0.239. The summed E-state index contributed by atoms with van der Waals surface area (Å²) in [5.74, 6) is 1.86. The molecule has 0 aliphatic heterocycles. The maximum Gasteiger partial charge on any atom is 0.119 e. The Hall–Kier alpha value is -0.380. The Morgan fingerprint density at radius 1 is 1.38 bits per heavy atom. The highest BCUT2D eigenvalue weighted by Crippen LogP contribution is 2.16. The zero-order valence-corrected chi connectivity index (χ0v) is 10.9. The molecule has 0 saturated carbocycles. The second kappa shape index (κ2) is 7.82. The standard InChI is InChI=1S/C12H17ClO2S/c1-10(9-14)16-8-2-7-15-12-5-3-11(13)4-6-12/h3-6,10,14H,2,7-9H2,1H3. The van der Waals surface area contributed by atoms with E-state index >= 15 is 0 Å². The van der Waals surface area contributed by atoms with Crippen molar-refractivity contribution in [3.63, 3.8) is 0 Å². The number of rotatable bonds is 7. The molecule has 0 spiro atoms. The maximum absolute atomic E-state index is 8.83. The molecule has 0 fully saturated rings. The minimum Gasteiger partial charge on any atom is -0.494 e. The molecule has 1 N–H and O–H groups in total. The Labute approximate surface area is 106 Å². The van der Waals surface area contributed by atoms with Crippen LogP contribution in [0.5, 0.6) is 5.75 Å². The zero-order chi connectivity index (χ0) is 11.8. The van der Waals surface area contributed by atoms with Crippen LogP contribution in [0.25, 0.3) is 0 Å². The van der Waals surface area contributed by atoms with Crippen LogP contribution < -0.4 is 4.74 Å². The van der Waals surface area contributed by atoms with Gasteiger partial charge in [0, 0.05) is 10.3 Å². The van der Waals surface area contributed by atoms with Gasteiger partial charge in [-0.3, -0.25) is 0 Å². The van der Waals surface area contributed by atoms with Crippen LogP contribution in [0.4, 0.5) is 0 Å². The van der Waals surface area contributed by atoms with E-state index in [2.05, 4.69) is 0 Å². The van der Waals surface area contributed by atoms with E-state index in [1.54, 1.807) is 11.8 Å². The number of halogens is 1. The highest BCUT2D eigenvalue weighted by atomic mass is 35.5. The Bertz CT molecular complexity index is 290. The van der Waals surface area contributed by atoms with Gasteiger partial charge < -0.3 is 9.84 Å². The molecule has 0 bridgehead atoms. The summed E-state index contributed by atoms with van der Waals surface area (Å²) in [7, 11) is 0. The minimum atomic E-state index is 0.239. The van der Waals surface area contributed by atoms with E-state index in [1.807, 2.05) is 31.2 Å². The highest BCUT2D eigenvalue weighted by Gasteiger charge is 1.99. The van der Waals surface area contributed by atoms with Crippen LogP contribution in [-0.4, -0.2) is 29.3 Å². The summed E-state index contributed by atoms with van der Waals surface area (Å²) in [5, 5.41) is 9.87. The van der Waals surface area contributed by atoms with Crippen LogP contribution in [0.15, 0.2) is 24.3 Å². The second-order valence-electron chi connectivity index (χ2n) is 3.52. The number of benzene rings is 1. The SMILES string of the molecule is CC(CO)SCCCOc1ccc(Cl)cc1. The average molecular weight is 261 g/mol. The summed E-state index contributed by atoms with van der Waals surface area (Å²) in [5.41, 5.74) is 0. The molecule has 0 aliphatic carbocycles. The number of hydrogen-bond donors (Lipinski definition) is 1. The van der Waals surface area contributed by atoms with Gasteiger partial charge in [0.25, 0.3) is 0 Å². The van der Waals surface area contributed by atoms with Crippen LogP contribution in [0.2, 0.25) is 5.02 Å². The van der Waals surface area contributed by atoms with E-state index < -0.39 is 0 Å². The Kier molecular flexibility index (Phi) is 6.69. The van der Waals surface area contributed by atoms with Gasteiger partial charge in [-0.2, -0.15) is 11.8 Å². The lowest BCUT2D eigenvalue weighted by Crippen LogP contribution is -2.05. The molecule has 90 valence electrons. The van der Waals surface area contributed by atoms with Gasteiger partial charge in [0.2, 0.25) is 0 Å². The lowest BCUT2D eigenvalue weighted by atomic mass is 10.3. The average Bonchev–Trinajstić information content (AvgIpc) is 2.31. The van der Waals surface area contributed by atoms with Crippen LogP contribution >= 0.6 is 23.4 Å². The molecule has 0 heterocycles. The third kappa shape index (κ3) is 5.64. The Morgan fingerprint density at radius 2 is 2.06 bits per heavy atom. The molecule has 0 amide bonds. The topological polar surface area (TPSA) is 29.5 Å². The molecule has 0 aliphatic rings. The van der Waals surface area contributed by atoms with Crippen LogP contribution in [0.1, 0.15) is 13.3 Å². The normalized spacial score (nSPS) is 12.4. The van der Waals surface area contributed by atoms with Crippen molar-refractivity contribution in [2.24, 2.45) is 0 Å². The van der Waals surface area contributed by atoms with Gasteiger partial charge in [-0.1, -0.05) is 18.5 Å². The first-order valence-electron chi connectivity index (χ1n) is 5.33. The van der Waals surface area contributed by atoms with Gasteiger partial charge in [-0.15, -0.1) is 0 Å². The van der Waals surface area contributed by atoms with E-state index in [0.717, 1.165) is 22.9 Å². The first-order valence-corrected chi connectivity index (χ1v) is 6.76. The quantitative estimate of drug-likeness (QED) is 0.764. The van der Waals surface area contributed by atoms with Gasteiger partial charge in [0.1, 0.15) is 5.75 Å². The Morgan fingerprint density at radius 3 is 2.69 bits per heavy atom. The molecule has 0 radical (unpaired) electrons. The summed E-state index contributed by atoms with van der Waals surface area (Å²) in [6.45, 7) is 2.96. The van der Waals surface area contributed by atoms with E-state index in [9.17, 15) is 0 Å². The molecule has 16 heavy (non-hydrogen) atoms. The largest absolute Gasteiger partial charge is 0.494 e. The van der Waals surface area contributed by atoms with Crippen molar-refractivity contribution in [1.82, 2.24) is 0 Å². The molecule has 1 atom stereocenters. The third-order valence-corrected chi connectivity index (χ3v) is 3.52. The molecule has 4 heteroatoms. The smallest absolute Gasteiger partial charge is 0.119 e. The summed E-state index contributed by atoms with van der Waals surface area (Å²) < 4.78 is 5.54. The number of ether oxygens (including phenoxy) is 1. The number of aliphatic hydroxyl groups excluding tert-OH is 1. The monoisotopic (exact) mass is 260 g/mol. The van der Waals surface area contributed by atoms with Gasteiger partial charge in [0.15, 0.2) is 0 Å². The summed E-state index contributed by atoms with van der Waals surface area (Å²) in [6, 6.07) is 7.37. The van der Waals surface area contributed by atoms with Gasteiger partial charge >= 0.3 is 0 Å². The summed E-state index contributed by atoms with van der Waals surface area (Å²) >= 11 is 7.53. The molecule has 2 nitrogen and oxygen atoms in total. The van der Waals surface area contributed by atoms with Crippen LogP contribution in [0, 0.1) is 0 Å². The van der Waals surface area contributed by atoms with Crippen molar-refractivity contribution in [3.8, 4) is 5.75 Å². The number of hydrogen-bond acceptors (Lipinski definition) is 3. The fourth-order valence-electron chi connectivity index (χ4n) is 1.12. The predicted octanol–water partition coefficient (Wildman–Crippen LogP) is 3.22. The van der Waals surface area contributed by atoms with Crippen molar-refractivity contribution in [2.75, 3.05) is 19.0 Å². The van der Waals surface area contributed by atoms with Gasteiger partial charge in [-0.25, -0.2) is 0 Å². The summed E-state index contributed by atoms with van der Waals surface area (Å²) in [4.78, 5) is 0. The van der Waals surface area contributed by atoms with Crippen molar-refractivity contribution in [3.05, 3.63) is 29.3 Å². The zero-order valence-electron chi connectivity index (χ0n) is 9.36. The molecule has 0 aromatic heterocycles. The predicted molar refractivity (Wildman–Crippen MR) is 70.6 cm³/mol. The molecule has 0 saturated heterocycles. The molecular weight excluding hydrogens is 244 g/mol. The van der Waals surface area contributed by atoms with E-state index in [0.29, 0.717) is 11.9 Å². The van der Waals surface area contributed by atoms with Gasteiger partial charge in [0.05, 0.1) is 13.2 Å². The van der Waals surface area contributed by atoms with Crippen molar-refractivity contribution < 1.29 is 9.84 Å². The first-order chi connectivity index (χ1) is 7.72. The molecule has 1 aromatic rings. The summed E-state index contributed by atoms with van der Waals surface area (Å²) in [6.07, 6.45) is 0.984. The lowest BCUT2D eigenvalue weighted by molar-refractivity contribution is 0.299. The van der Waals surface area contributed by atoms with E-state index in [4.69, 9.17) is 21.4 Å². The van der Waals surface area contributed by atoms with Crippen molar-refractivity contribution in [2.45, 2.75) is 18.6 Å². The fraction of sp³-hybridized carbons (Fsp3) is 0.500. The number of aliphatic hydroxyl groups is 1. The number of thioether (sulfide) groups is 1. The van der Waals surface area contributed by atoms with Crippen molar-refractivity contribution in [1.29, 1.82) is 0 Å². The highest BCUT2D eigenvalue weighted by molar-refractivity contribution is 7.99. The molecule has 1 unspecified atom stereocenters. The van der Waals surface area contributed by atoms with E-state index in [1.165, 1.54) is 0 Å². The maximum atomic E-state index is 8.83. The molecule has 1 aromatic carbocycles. The van der Waals surface area contributed by atoms with Gasteiger partial charge in [-0.05, 0) is 36.4 Å². The van der Waals surface area contributed by atoms with Crippen molar-refractivity contribution >= 4 is 23.4 Å². The fourth-order valence-corrected chi connectivity index (χ4v) is 2.04. The molecule has 1 rings (SSSR count). The molecular formula is C12H17ClO2S. The van der Waals surface area contributed by atoms with Crippen LogP contribution in [0.3, 0.4) is 0 Å². The Balaban J connectivity index is 2.09. The second-order valence-corrected chi connectivity index (χ2v) is 5.50. The third-order valence-electron chi connectivity index (χ3n) is 2.03. The lowest BCUT2D eigenvalue weighted by Gasteiger charge is -2.08. The van der Waals surface area contributed by atoms with Crippen LogP contribution in [-0.2, 0) is 0 Å². The van der Waals surface area contributed by atoms with E-state index in [-0.39, 0.29) is 6.61 Å².